The Kier molecular flexibility index (Phi) is 5.98. The lowest BCUT2D eigenvalue weighted by Gasteiger charge is -2.07. The van der Waals surface area contributed by atoms with E-state index in [1.54, 1.807) is 0 Å². The summed E-state index contributed by atoms with van der Waals surface area (Å²) in [7, 11) is 0. The number of benzene rings is 1. The van der Waals surface area contributed by atoms with Crippen molar-refractivity contribution >= 4 is 11.6 Å². The molecule has 1 aromatic rings. The number of rotatable bonds is 7. The Morgan fingerprint density at radius 2 is 2.00 bits per heavy atom. The van der Waals surface area contributed by atoms with E-state index in [0.29, 0.717) is 18.7 Å². The van der Waals surface area contributed by atoms with Gasteiger partial charge < -0.3 is 10.6 Å². The first-order valence-corrected chi connectivity index (χ1v) is 6.09. The van der Waals surface area contributed by atoms with Gasteiger partial charge in [-0.05, 0) is 19.0 Å². The summed E-state index contributed by atoms with van der Waals surface area (Å²) in [4.78, 5) is 21.1. The second kappa shape index (κ2) is 7.49. The molecule has 0 radical (unpaired) electrons. The summed E-state index contributed by atoms with van der Waals surface area (Å²) in [5.74, 6) is -3.26. The SMILES string of the molecule is CCCNCCNC(=O)c1cc(F)cc([N+](=O)[O-])c1F. The lowest BCUT2D eigenvalue weighted by Crippen LogP contribution is -2.32. The first-order valence-electron chi connectivity index (χ1n) is 6.09. The Morgan fingerprint density at radius 3 is 2.60 bits per heavy atom. The monoisotopic (exact) mass is 287 g/mol. The fraction of sp³-hybridized carbons (Fsp3) is 0.417. The van der Waals surface area contributed by atoms with E-state index < -0.39 is 33.7 Å². The van der Waals surface area contributed by atoms with E-state index in [-0.39, 0.29) is 6.54 Å². The molecule has 20 heavy (non-hydrogen) atoms. The molecule has 0 saturated carbocycles. The maximum Gasteiger partial charge on any atom is 0.308 e. The van der Waals surface area contributed by atoms with Gasteiger partial charge in [0.1, 0.15) is 5.82 Å². The summed E-state index contributed by atoms with van der Waals surface area (Å²) in [6, 6.07) is 1.08. The molecule has 110 valence electrons. The van der Waals surface area contributed by atoms with E-state index >= 15 is 0 Å². The molecule has 0 bridgehead atoms. The van der Waals surface area contributed by atoms with Gasteiger partial charge >= 0.3 is 5.69 Å². The second-order valence-corrected chi connectivity index (χ2v) is 4.05. The van der Waals surface area contributed by atoms with Crippen LogP contribution in [-0.4, -0.2) is 30.5 Å². The first-order chi connectivity index (χ1) is 9.47. The summed E-state index contributed by atoms with van der Waals surface area (Å²) in [6.45, 7) is 3.43. The highest BCUT2D eigenvalue weighted by atomic mass is 19.1. The highest BCUT2D eigenvalue weighted by Gasteiger charge is 2.23. The van der Waals surface area contributed by atoms with E-state index in [9.17, 15) is 23.7 Å². The number of nitro benzene ring substituents is 1. The van der Waals surface area contributed by atoms with E-state index in [1.165, 1.54) is 0 Å². The molecule has 0 aliphatic heterocycles. The Labute approximate surface area is 114 Å². The number of nitrogens with one attached hydrogen (secondary N) is 2. The molecule has 1 rings (SSSR count). The van der Waals surface area contributed by atoms with E-state index in [2.05, 4.69) is 10.6 Å². The summed E-state index contributed by atoms with van der Waals surface area (Å²) < 4.78 is 26.9. The van der Waals surface area contributed by atoms with E-state index in [1.807, 2.05) is 6.92 Å². The maximum atomic E-state index is 13.7. The summed E-state index contributed by atoms with van der Waals surface area (Å²) >= 11 is 0. The van der Waals surface area contributed by atoms with Crippen LogP contribution in [0.1, 0.15) is 23.7 Å². The van der Waals surface area contributed by atoms with Crippen LogP contribution in [0.25, 0.3) is 0 Å². The minimum Gasteiger partial charge on any atom is -0.351 e. The third-order valence-corrected chi connectivity index (χ3v) is 2.47. The van der Waals surface area contributed by atoms with Gasteiger partial charge in [0, 0.05) is 13.1 Å². The molecule has 6 nitrogen and oxygen atoms in total. The summed E-state index contributed by atoms with van der Waals surface area (Å²) in [5, 5.41) is 15.9. The minimum atomic E-state index is -1.34. The van der Waals surface area contributed by atoms with Crippen LogP contribution >= 0.6 is 0 Å². The van der Waals surface area contributed by atoms with Crippen LogP contribution < -0.4 is 10.6 Å². The molecule has 1 aromatic carbocycles. The number of carbonyl (C=O) groups excluding carboxylic acids is 1. The zero-order valence-electron chi connectivity index (χ0n) is 10.9. The minimum absolute atomic E-state index is 0.211. The fourth-order valence-corrected chi connectivity index (χ4v) is 1.53. The van der Waals surface area contributed by atoms with Crippen molar-refractivity contribution in [1.29, 1.82) is 0 Å². The van der Waals surface area contributed by atoms with Gasteiger partial charge in [-0.3, -0.25) is 14.9 Å². The predicted molar refractivity (Wildman–Crippen MR) is 68.5 cm³/mol. The number of hydrogen-bond acceptors (Lipinski definition) is 4. The molecule has 0 spiro atoms. The average molecular weight is 287 g/mol. The number of nitro groups is 1. The fourth-order valence-electron chi connectivity index (χ4n) is 1.53. The number of carbonyl (C=O) groups is 1. The molecule has 2 N–H and O–H groups in total. The van der Waals surface area contributed by atoms with Crippen molar-refractivity contribution < 1.29 is 18.5 Å². The molecule has 0 aromatic heterocycles. The van der Waals surface area contributed by atoms with Crippen molar-refractivity contribution in [2.24, 2.45) is 0 Å². The van der Waals surface area contributed by atoms with E-state index in [0.717, 1.165) is 13.0 Å². The number of hydrogen-bond donors (Lipinski definition) is 2. The van der Waals surface area contributed by atoms with Crippen LogP contribution in [0.3, 0.4) is 0 Å². The molecule has 0 fully saturated rings. The second-order valence-electron chi connectivity index (χ2n) is 4.05. The molecule has 1 amide bonds. The number of nitrogens with zero attached hydrogens (tertiary/aromatic N) is 1. The van der Waals surface area contributed by atoms with Crippen LogP contribution in [-0.2, 0) is 0 Å². The van der Waals surface area contributed by atoms with Gasteiger partial charge in [-0.15, -0.1) is 0 Å². The molecule has 0 unspecified atom stereocenters. The van der Waals surface area contributed by atoms with Gasteiger partial charge in [0.15, 0.2) is 0 Å². The number of halogens is 2. The third kappa shape index (κ3) is 4.23. The Hall–Kier alpha value is -2.09. The molecular formula is C12H15F2N3O3. The standard InChI is InChI=1S/C12H15F2N3O3/c1-2-3-15-4-5-16-12(18)9-6-8(13)7-10(11(9)14)17(19)20/h6-7,15H,2-5H2,1H3,(H,16,18). The maximum absolute atomic E-state index is 13.7. The van der Waals surface area contributed by atoms with Crippen LogP contribution in [0.2, 0.25) is 0 Å². The van der Waals surface area contributed by atoms with Crippen LogP contribution in [0.15, 0.2) is 12.1 Å². The zero-order valence-corrected chi connectivity index (χ0v) is 10.9. The van der Waals surface area contributed by atoms with Gasteiger partial charge in [-0.1, -0.05) is 6.92 Å². The van der Waals surface area contributed by atoms with Crippen molar-refractivity contribution in [2.75, 3.05) is 19.6 Å². The van der Waals surface area contributed by atoms with Gasteiger partial charge in [-0.2, -0.15) is 4.39 Å². The highest BCUT2D eigenvalue weighted by molar-refractivity contribution is 5.95. The lowest BCUT2D eigenvalue weighted by atomic mass is 10.1. The molecule has 0 saturated heterocycles. The summed E-state index contributed by atoms with van der Waals surface area (Å²) in [6.07, 6.45) is 0.929. The van der Waals surface area contributed by atoms with Gasteiger partial charge in [0.25, 0.3) is 5.91 Å². The van der Waals surface area contributed by atoms with Crippen molar-refractivity contribution in [1.82, 2.24) is 10.6 Å². The molecular weight excluding hydrogens is 272 g/mol. The van der Waals surface area contributed by atoms with Crippen molar-refractivity contribution in [3.05, 3.63) is 39.4 Å². The lowest BCUT2D eigenvalue weighted by molar-refractivity contribution is -0.387. The quantitative estimate of drug-likeness (QED) is 0.453. The first kappa shape index (κ1) is 16.0. The van der Waals surface area contributed by atoms with Crippen LogP contribution in [0, 0.1) is 21.7 Å². The Balaban J connectivity index is 2.75. The molecule has 0 atom stereocenters. The molecule has 0 aliphatic carbocycles. The topological polar surface area (TPSA) is 84.3 Å². The largest absolute Gasteiger partial charge is 0.351 e. The normalized spacial score (nSPS) is 10.3. The van der Waals surface area contributed by atoms with Gasteiger partial charge in [0.2, 0.25) is 5.82 Å². The molecule has 0 heterocycles. The van der Waals surface area contributed by atoms with Gasteiger partial charge in [0.05, 0.1) is 16.6 Å². The van der Waals surface area contributed by atoms with E-state index in [4.69, 9.17) is 0 Å². The third-order valence-electron chi connectivity index (χ3n) is 2.47. The smallest absolute Gasteiger partial charge is 0.308 e. The van der Waals surface area contributed by atoms with Crippen molar-refractivity contribution in [3.63, 3.8) is 0 Å². The Bertz CT molecular complexity index is 509. The van der Waals surface area contributed by atoms with Crippen molar-refractivity contribution in [2.45, 2.75) is 13.3 Å². The van der Waals surface area contributed by atoms with Crippen LogP contribution in [0.5, 0.6) is 0 Å². The van der Waals surface area contributed by atoms with Gasteiger partial charge in [-0.25, -0.2) is 4.39 Å². The van der Waals surface area contributed by atoms with Crippen molar-refractivity contribution in [3.8, 4) is 0 Å². The molecule has 8 heteroatoms. The zero-order chi connectivity index (χ0) is 15.1. The Morgan fingerprint density at radius 1 is 1.30 bits per heavy atom. The average Bonchev–Trinajstić information content (AvgIpc) is 2.40. The number of amides is 1. The summed E-state index contributed by atoms with van der Waals surface area (Å²) in [5.41, 5.74) is -1.73. The molecule has 0 aliphatic rings. The highest BCUT2D eigenvalue weighted by Crippen LogP contribution is 2.22. The predicted octanol–water partition coefficient (Wildman–Crippen LogP) is 1.60. The van der Waals surface area contributed by atoms with Crippen LogP contribution in [0.4, 0.5) is 14.5 Å².